The highest BCUT2D eigenvalue weighted by molar-refractivity contribution is 6.31. The molecule has 0 bridgehead atoms. The average molecular weight is 481 g/mol. The number of likely N-dealkylation sites (tertiary alicyclic amines) is 1. The number of fused-ring (bicyclic) bond motifs is 4. The second kappa shape index (κ2) is 7.92. The fraction of sp³-hybridized carbons (Fsp3) is 0.360. The molecule has 3 heterocycles. The summed E-state index contributed by atoms with van der Waals surface area (Å²) in [5.74, 6) is -3.42. The lowest BCUT2D eigenvalue weighted by Gasteiger charge is -2.29. The molecule has 176 valence electrons. The van der Waals surface area contributed by atoms with E-state index in [0.29, 0.717) is 21.8 Å². The Morgan fingerprint density at radius 3 is 2.56 bits per heavy atom. The number of nitrogens with one attached hydrogen (secondary N) is 2. The predicted octanol–water partition coefficient (Wildman–Crippen LogP) is 2.14. The first kappa shape index (κ1) is 22.6. The number of benzene rings is 2. The molecule has 34 heavy (non-hydrogen) atoms. The van der Waals surface area contributed by atoms with Gasteiger partial charge in [-0.15, -0.1) is 0 Å². The predicted molar refractivity (Wildman–Crippen MR) is 126 cm³/mol. The molecule has 5 rings (SSSR count). The smallest absolute Gasteiger partial charge is 0.250 e. The number of halogens is 1. The van der Waals surface area contributed by atoms with E-state index in [1.807, 2.05) is 26.0 Å². The Bertz CT molecular complexity index is 1260. The van der Waals surface area contributed by atoms with E-state index >= 15 is 0 Å². The van der Waals surface area contributed by atoms with Crippen LogP contribution >= 0.6 is 11.6 Å². The van der Waals surface area contributed by atoms with Crippen LogP contribution in [0.2, 0.25) is 5.02 Å². The number of carbonyl (C=O) groups excluding carboxylic acids is 4. The number of rotatable bonds is 5. The first-order chi connectivity index (χ1) is 16.2. The van der Waals surface area contributed by atoms with Gasteiger partial charge < -0.3 is 11.1 Å². The van der Waals surface area contributed by atoms with Crippen LogP contribution in [-0.2, 0) is 31.3 Å². The summed E-state index contributed by atoms with van der Waals surface area (Å²) in [4.78, 5) is 53.7. The third-order valence-corrected chi connectivity index (χ3v) is 7.87. The maximum Gasteiger partial charge on any atom is 0.250 e. The van der Waals surface area contributed by atoms with E-state index in [1.165, 1.54) is 4.90 Å². The maximum absolute atomic E-state index is 13.8. The SMILES string of the molecule is Cc1ccc2c(c1C)NC(=O)[C@@]21N[C@@H](CCC(N)=O)[C@H]2C(=O)N(Cc3ccccc3Cl)C(=O)[C@H]21. The molecule has 2 saturated heterocycles. The number of hydrogen-bond acceptors (Lipinski definition) is 5. The van der Waals surface area contributed by atoms with Crippen molar-refractivity contribution in [3.63, 3.8) is 0 Å². The van der Waals surface area contributed by atoms with Crippen LogP contribution in [0.4, 0.5) is 5.69 Å². The fourth-order valence-electron chi connectivity index (χ4n) is 5.68. The van der Waals surface area contributed by atoms with Gasteiger partial charge >= 0.3 is 0 Å². The summed E-state index contributed by atoms with van der Waals surface area (Å²) in [6.45, 7) is 3.88. The number of nitrogens with two attached hydrogens (primary N) is 1. The standard InChI is InChI=1S/C25H25ClN4O4/c1-12-7-8-15-21(13(12)2)28-24(34)25(15)20-19(17(29-25)9-10-18(27)31)22(32)30(23(20)33)11-14-5-3-4-6-16(14)26/h3-8,17,19-20,29H,9-11H2,1-2H3,(H2,27,31)(H,28,34)/t17-,19+,20-,25+/m0/s1. The van der Waals surface area contributed by atoms with Crippen LogP contribution in [0.15, 0.2) is 36.4 Å². The molecule has 2 aromatic carbocycles. The lowest BCUT2D eigenvalue weighted by Crippen LogP contribution is -2.53. The lowest BCUT2D eigenvalue weighted by atomic mass is 9.76. The van der Waals surface area contributed by atoms with E-state index in [4.69, 9.17) is 17.3 Å². The van der Waals surface area contributed by atoms with Gasteiger partial charge in [0.1, 0.15) is 5.54 Å². The van der Waals surface area contributed by atoms with Gasteiger partial charge in [0.2, 0.25) is 23.6 Å². The average Bonchev–Trinajstić information content (AvgIpc) is 3.37. The van der Waals surface area contributed by atoms with Crippen LogP contribution in [0, 0.1) is 25.7 Å². The number of imide groups is 1. The Kier molecular flexibility index (Phi) is 5.26. The van der Waals surface area contributed by atoms with Crippen LogP contribution < -0.4 is 16.4 Å². The number of nitrogens with zero attached hydrogens (tertiary/aromatic N) is 1. The van der Waals surface area contributed by atoms with E-state index in [9.17, 15) is 19.2 Å². The van der Waals surface area contributed by atoms with Crippen molar-refractivity contribution in [2.75, 3.05) is 5.32 Å². The molecule has 9 heteroatoms. The van der Waals surface area contributed by atoms with E-state index in [0.717, 1.165) is 11.1 Å². The molecule has 4 amide bonds. The Balaban J connectivity index is 1.61. The highest BCUT2D eigenvalue weighted by Gasteiger charge is 2.70. The van der Waals surface area contributed by atoms with Crippen LogP contribution in [0.1, 0.15) is 35.1 Å². The second-order valence-corrected chi connectivity index (χ2v) is 9.71. The van der Waals surface area contributed by atoms with Gasteiger partial charge in [-0.05, 0) is 43.0 Å². The number of primary amides is 1. The molecule has 0 unspecified atom stereocenters. The Morgan fingerprint density at radius 1 is 1.12 bits per heavy atom. The van der Waals surface area contributed by atoms with Crippen molar-refractivity contribution in [3.05, 3.63) is 63.7 Å². The van der Waals surface area contributed by atoms with E-state index in [1.54, 1.807) is 24.3 Å². The summed E-state index contributed by atoms with van der Waals surface area (Å²) in [6, 6.07) is 10.2. The molecule has 2 aromatic rings. The third kappa shape index (κ3) is 3.09. The van der Waals surface area contributed by atoms with Crippen molar-refractivity contribution in [3.8, 4) is 0 Å². The summed E-state index contributed by atoms with van der Waals surface area (Å²) >= 11 is 6.30. The minimum atomic E-state index is -1.40. The van der Waals surface area contributed by atoms with E-state index < -0.39 is 35.2 Å². The van der Waals surface area contributed by atoms with Crippen molar-refractivity contribution in [2.24, 2.45) is 17.6 Å². The quantitative estimate of drug-likeness (QED) is 0.566. The first-order valence-corrected chi connectivity index (χ1v) is 11.6. The van der Waals surface area contributed by atoms with Crippen LogP contribution in [0.5, 0.6) is 0 Å². The van der Waals surface area contributed by atoms with Gasteiger partial charge in [0.05, 0.1) is 18.4 Å². The normalized spacial score (nSPS) is 27.3. The van der Waals surface area contributed by atoms with Gasteiger partial charge in [0.15, 0.2) is 0 Å². The molecule has 1 spiro atoms. The van der Waals surface area contributed by atoms with Gasteiger partial charge in [0.25, 0.3) is 0 Å². The van der Waals surface area contributed by atoms with Crippen LogP contribution in [0.25, 0.3) is 0 Å². The van der Waals surface area contributed by atoms with Crippen molar-refractivity contribution in [1.82, 2.24) is 10.2 Å². The highest BCUT2D eigenvalue weighted by Crippen LogP contribution is 2.54. The largest absolute Gasteiger partial charge is 0.370 e. The Labute approximate surface area is 201 Å². The van der Waals surface area contributed by atoms with E-state index in [2.05, 4.69) is 10.6 Å². The monoisotopic (exact) mass is 480 g/mol. The zero-order valence-corrected chi connectivity index (χ0v) is 19.6. The van der Waals surface area contributed by atoms with Crippen molar-refractivity contribution >= 4 is 40.9 Å². The number of amides is 4. The molecule has 0 aliphatic carbocycles. The summed E-state index contributed by atoms with van der Waals surface area (Å²) in [5, 5.41) is 6.72. The summed E-state index contributed by atoms with van der Waals surface area (Å²) in [5.41, 5.74) is 7.85. The molecule has 2 fully saturated rings. The highest BCUT2D eigenvalue weighted by atomic mass is 35.5. The molecule has 8 nitrogen and oxygen atoms in total. The molecule has 4 N–H and O–H groups in total. The zero-order chi connectivity index (χ0) is 24.4. The topological polar surface area (TPSA) is 122 Å². The molecular formula is C25H25ClN4O4. The lowest BCUT2D eigenvalue weighted by molar-refractivity contribution is -0.143. The summed E-state index contributed by atoms with van der Waals surface area (Å²) in [7, 11) is 0. The fourth-order valence-corrected chi connectivity index (χ4v) is 5.87. The number of hydrogen-bond donors (Lipinski definition) is 3. The molecule has 3 aliphatic rings. The van der Waals surface area contributed by atoms with Crippen molar-refractivity contribution < 1.29 is 19.2 Å². The summed E-state index contributed by atoms with van der Waals surface area (Å²) in [6.07, 6.45) is 0.273. The van der Waals surface area contributed by atoms with Gasteiger partial charge in [-0.2, -0.15) is 0 Å². The Morgan fingerprint density at radius 2 is 1.85 bits per heavy atom. The van der Waals surface area contributed by atoms with Crippen molar-refractivity contribution in [2.45, 2.75) is 44.8 Å². The van der Waals surface area contributed by atoms with E-state index in [-0.39, 0.29) is 31.2 Å². The first-order valence-electron chi connectivity index (χ1n) is 11.2. The maximum atomic E-state index is 13.8. The van der Waals surface area contributed by atoms with Gasteiger partial charge in [-0.3, -0.25) is 29.4 Å². The van der Waals surface area contributed by atoms with Gasteiger partial charge in [-0.25, -0.2) is 0 Å². The van der Waals surface area contributed by atoms with Gasteiger partial charge in [-0.1, -0.05) is 41.9 Å². The zero-order valence-electron chi connectivity index (χ0n) is 18.9. The Hall–Kier alpha value is -3.23. The molecule has 4 atom stereocenters. The second-order valence-electron chi connectivity index (χ2n) is 9.31. The minimum absolute atomic E-state index is 0.0182. The number of anilines is 1. The third-order valence-electron chi connectivity index (χ3n) is 7.50. The van der Waals surface area contributed by atoms with Crippen LogP contribution in [-0.4, -0.2) is 34.6 Å². The molecule has 0 radical (unpaired) electrons. The van der Waals surface area contributed by atoms with Crippen LogP contribution in [0.3, 0.4) is 0 Å². The summed E-state index contributed by atoms with van der Waals surface area (Å²) < 4.78 is 0. The number of aryl methyl sites for hydroxylation is 1. The molecule has 3 aliphatic heterocycles. The minimum Gasteiger partial charge on any atom is -0.370 e. The van der Waals surface area contributed by atoms with Gasteiger partial charge in [0, 0.05) is 28.7 Å². The molecular weight excluding hydrogens is 456 g/mol. The molecule has 0 saturated carbocycles. The molecule has 0 aromatic heterocycles. The van der Waals surface area contributed by atoms with Crippen molar-refractivity contribution in [1.29, 1.82) is 0 Å². The number of carbonyl (C=O) groups is 4.